The largest absolute Gasteiger partial charge is 0.507 e. The van der Waals surface area contributed by atoms with Crippen LogP contribution >= 0.6 is 15.9 Å². The highest BCUT2D eigenvalue weighted by molar-refractivity contribution is 9.10. The first-order valence-electron chi connectivity index (χ1n) is 8.02. The van der Waals surface area contributed by atoms with Crippen LogP contribution in [-0.4, -0.2) is 16.8 Å². The minimum atomic E-state index is -0.698. The second-order valence-electron chi connectivity index (χ2n) is 6.33. The Hall–Kier alpha value is -2.40. The van der Waals surface area contributed by atoms with E-state index in [-0.39, 0.29) is 11.3 Å². The molecule has 5 heteroatoms. The molecule has 1 aliphatic rings. The van der Waals surface area contributed by atoms with Crippen LogP contribution < -0.4 is 5.32 Å². The Morgan fingerprint density at radius 2 is 1.64 bits per heavy atom. The molecule has 0 aromatic heterocycles. The fourth-order valence-electron chi connectivity index (χ4n) is 2.85. The van der Waals surface area contributed by atoms with Crippen LogP contribution in [0.15, 0.2) is 58.6 Å². The molecule has 128 valence electrons. The van der Waals surface area contributed by atoms with Crippen LogP contribution in [0.5, 0.6) is 0 Å². The first-order valence-corrected chi connectivity index (χ1v) is 8.82. The van der Waals surface area contributed by atoms with E-state index in [0.717, 1.165) is 10.0 Å². The van der Waals surface area contributed by atoms with Crippen LogP contribution in [0, 0.1) is 0 Å². The fourth-order valence-corrected chi connectivity index (χ4v) is 3.12. The van der Waals surface area contributed by atoms with E-state index in [9.17, 15) is 14.7 Å². The first-order chi connectivity index (χ1) is 11.9. The van der Waals surface area contributed by atoms with Gasteiger partial charge in [0.05, 0.1) is 11.6 Å². The van der Waals surface area contributed by atoms with E-state index in [0.29, 0.717) is 11.5 Å². The number of nitrogens with one attached hydrogen (secondary N) is 1. The van der Waals surface area contributed by atoms with Gasteiger partial charge in [-0.15, -0.1) is 0 Å². The molecule has 0 aliphatic carbocycles. The van der Waals surface area contributed by atoms with Gasteiger partial charge in [-0.25, -0.2) is 0 Å². The number of halogens is 1. The lowest BCUT2D eigenvalue weighted by Crippen LogP contribution is -2.21. The summed E-state index contributed by atoms with van der Waals surface area (Å²) in [4.78, 5) is 24.2. The van der Waals surface area contributed by atoms with Crippen molar-refractivity contribution < 1.29 is 14.7 Å². The van der Waals surface area contributed by atoms with Crippen molar-refractivity contribution in [2.45, 2.75) is 25.8 Å². The van der Waals surface area contributed by atoms with Gasteiger partial charge < -0.3 is 10.4 Å². The molecular weight excluding hydrogens is 382 g/mol. The average Bonchev–Trinajstić information content (AvgIpc) is 2.90. The Labute approximate surface area is 154 Å². The predicted molar refractivity (Wildman–Crippen MR) is 100 cm³/mol. The highest BCUT2D eigenvalue weighted by Crippen LogP contribution is 2.33. The molecule has 0 unspecified atom stereocenters. The third kappa shape index (κ3) is 3.37. The number of amides is 1. The lowest BCUT2D eigenvalue weighted by atomic mass is 9.94. The number of carbonyl (C=O) groups excluding carboxylic acids is 2. The average molecular weight is 400 g/mol. The van der Waals surface area contributed by atoms with E-state index in [1.807, 2.05) is 24.3 Å². The zero-order chi connectivity index (χ0) is 18.1. The van der Waals surface area contributed by atoms with Gasteiger partial charge in [-0.1, -0.05) is 66.2 Å². The number of hydrogen-bond acceptors (Lipinski definition) is 3. The van der Waals surface area contributed by atoms with Gasteiger partial charge in [0.1, 0.15) is 5.76 Å². The summed E-state index contributed by atoms with van der Waals surface area (Å²) in [5, 5.41) is 13.3. The van der Waals surface area contributed by atoms with Gasteiger partial charge in [-0.3, -0.25) is 9.59 Å². The molecule has 1 fully saturated rings. The molecule has 2 aromatic carbocycles. The summed E-state index contributed by atoms with van der Waals surface area (Å²) in [6.45, 7) is 4.20. The van der Waals surface area contributed by atoms with E-state index >= 15 is 0 Å². The lowest BCUT2D eigenvalue weighted by molar-refractivity contribution is -0.133. The van der Waals surface area contributed by atoms with E-state index in [2.05, 4.69) is 35.1 Å². The third-order valence-corrected chi connectivity index (χ3v) is 4.85. The zero-order valence-electron chi connectivity index (χ0n) is 13.9. The fraction of sp³-hybridized carbons (Fsp3) is 0.200. The molecular formula is C20H18BrNO3. The monoisotopic (exact) mass is 399 g/mol. The minimum absolute atomic E-state index is 0.0876. The standard InChI is InChI=1S/C20H18BrNO3/c1-11(2)12-3-5-13(6-4-12)17-16(19(24)20(25)22-17)18(23)14-7-9-15(21)10-8-14/h3-11,17,23H,1-2H3,(H,22,25)/b18-16+/t17-/m0/s1. The molecule has 4 nitrogen and oxygen atoms in total. The van der Waals surface area contributed by atoms with Crippen molar-refractivity contribution >= 4 is 33.4 Å². The minimum Gasteiger partial charge on any atom is -0.507 e. The van der Waals surface area contributed by atoms with E-state index < -0.39 is 17.7 Å². The molecule has 25 heavy (non-hydrogen) atoms. The van der Waals surface area contributed by atoms with Crippen molar-refractivity contribution in [1.82, 2.24) is 5.32 Å². The maximum atomic E-state index is 12.3. The molecule has 2 aromatic rings. The van der Waals surface area contributed by atoms with Gasteiger partial charge in [0.15, 0.2) is 0 Å². The van der Waals surface area contributed by atoms with Gasteiger partial charge in [-0.2, -0.15) is 0 Å². The molecule has 0 saturated carbocycles. The number of rotatable bonds is 3. The number of hydrogen-bond donors (Lipinski definition) is 2. The molecule has 1 saturated heterocycles. The van der Waals surface area contributed by atoms with Gasteiger partial charge in [0, 0.05) is 10.0 Å². The first kappa shape index (κ1) is 17.4. The van der Waals surface area contributed by atoms with Crippen LogP contribution in [-0.2, 0) is 9.59 Å². The van der Waals surface area contributed by atoms with Crippen LogP contribution in [0.25, 0.3) is 5.76 Å². The maximum Gasteiger partial charge on any atom is 0.293 e. The zero-order valence-corrected chi connectivity index (χ0v) is 15.5. The van der Waals surface area contributed by atoms with Crippen molar-refractivity contribution in [1.29, 1.82) is 0 Å². The normalized spacial score (nSPS) is 19.3. The van der Waals surface area contributed by atoms with Gasteiger partial charge in [-0.05, 0) is 29.2 Å². The highest BCUT2D eigenvalue weighted by atomic mass is 79.9. The van der Waals surface area contributed by atoms with Crippen LogP contribution in [0.3, 0.4) is 0 Å². The van der Waals surface area contributed by atoms with Gasteiger partial charge >= 0.3 is 0 Å². The summed E-state index contributed by atoms with van der Waals surface area (Å²) < 4.78 is 0.863. The summed E-state index contributed by atoms with van der Waals surface area (Å²) in [5.74, 6) is -1.18. The Bertz CT molecular complexity index is 852. The number of Topliss-reactive ketones (excluding diaryl/α,β-unsaturated/α-hetero) is 1. The summed E-state index contributed by atoms with van der Waals surface area (Å²) in [5.41, 5.74) is 2.51. The number of ketones is 1. The second-order valence-corrected chi connectivity index (χ2v) is 7.24. The Morgan fingerprint density at radius 3 is 2.20 bits per heavy atom. The van der Waals surface area contributed by atoms with Crippen LogP contribution in [0.1, 0.15) is 42.5 Å². The molecule has 3 rings (SSSR count). The smallest absolute Gasteiger partial charge is 0.293 e. The SMILES string of the molecule is CC(C)c1ccc([C@@H]2NC(=O)C(=O)/C2=C(/O)c2ccc(Br)cc2)cc1. The molecule has 0 radical (unpaired) electrons. The van der Waals surface area contributed by atoms with Crippen molar-refractivity contribution in [2.75, 3.05) is 0 Å². The Kier molecular flexibility index (Phi) is 4.77. The number of aliphatic hydroxyl groups is 1. The van der Waals surface area contributed by atoms with Crippen LogP contribution in [0.4, 0.5) is 0 Å². The summed E-state index contributed by atoms with van der Waals surface area (Å²) in [6, 6.07) is 14.0. The predicted octanol–water partition coefficient (Wildman–Crippen LogP) is 4.28. The molecule has 0 spiro atoms. The lowest BCUT2D eigenvalue weighted by Gasteiger charge is -2.15. The van der Waals surface area contributed by atoms with E-state index in [4.69, 9.17) is 0 Å². The topological polar surface area (TPSA) is 66.4 Å². The Morgan fingerprint density at radius 1 is 1.04 bits per heavy atom. The summed E-state index contributed by atoms with van der Waals surface area (Å²) in [7, 11) is 0. The summed E-state index contributed by atoms with van der Waals surface area (Å²) >= 11 is 3.34. The van der Waals surface area contributed by atoms with E-state index in [1.165, 1.54) is 5.56 Å². The van der Waals surface area contributed by atoms with Gasteiger partial charge in [0.2, 0.25) is 0 Å². The molecule has 2 N–H and O–H groups in total. The molecule has 0 bridgehead atoms. The quantitative estimate of drug-likeness (QED) is 0.459. The molecule has 1 aliphatic heterocycles. The highest BCUT2D eigenvalue weighted by Gasteiger charge is 2.39. The second kappa shape index (κ2) is 6.84. The van der Waals surface area contributed by atoms with Crippen molar-refractivity contribution in [2.24, 2.45) is 0 Å². The van der Waals surface area contributed by atoms with Crippen molar-refractivity contribution in [3.05, 3.63) is 75.3 Å². The van der Waals surface area contributed by atoms with Crippen LogP contribution in [0.2, 0.25) is 0 Å². The third-order valence-electron chi connectivity index (χ3n) is 4.32. The van der Waals surface area contributed by atoms with Crippen molar-refractivity contribution in [3.63, 3.8) is 0 Å². The van der Waals surface area contributed by atoms with Crippen molar-refractivity contribution in [3.8, 4) is 0 Å². The number of aliphatic hydroxyl groups excluding tert-OH is 1. The Balaban J connectivity index is 2.05. The number of carbonyl (C=O) groups is 2. The molecule has 1 amide bonds. The molecule has 1 heterocycles. The van der Waals surface area contributed by atoms with Gasteiger partial charge in [0.25, 0.3) is 11.7 Å². The number of benzene rings is 2. The maximum absolute atomic E-state index is 12.3. The molecule has 1 atom stereocenters. The summed E-state index contributed by atoms with van der Waals surface area (Å²) in [6.07, 6.45) is 0. The van der Waals surface area contributed by atoms with E-state index in [1.54, 1.807) is 24.3 Å².